The predicted octanol–water partition coefficient (Wildman–Crippen LogP) is 4.49. The van der Waals surface area contributed by atoms with Crippen LogP contribution in [-0.4, -0.2) is 28.5 Å². The Bertz CT molecular complexity index is 762. The first-order chi connectivity index (χ1) is 12.2. The molecule has 2 amide bonds. The number of carbonyl (C=O) groups is 1. The van der Waals surface area contributed by atoms with E-state index in [0.29, 0.717) is 19.1 Å². The number of amides is 2. The minimum Gasteiger partial charge on any atom is -0.358 e. The molecule has 2 N–H and O–H groups in total. The second-order valence-corrected chi connectivity index (χ2v) is 7.44. The average Bonchev–Trinajstić information content (AvgIpc) is 2.94. The Morgan fingerprint density at radius 3 is 2.72 bits per heavy atom. The highest BCUT2D eigenvalue weighted by atomic mass is 19.1. The van der Waals surface area contributed by atoms with Gasteiger partial charge in [0, 0.05) is 47.7 Å². The quantitative estimate of drug-likeness (QED) is 0.787. The van der Waals surface area contributed by atoms with Gasteiger partial charge in [-0.2, -0.15) is 0 Å². The van der Waals surface area contributed by atoms with Crippen molar-refractivity contribution >= 4 is 16.9 Å². The van der Waals surface area contributed by atoms with Gasteiger partial charge < -0.3 is 15.2 Å². The zero-order chi connectivity index (χ0) is 17.2. The van der Waals surface area contributed by atoms with Crippen LogP contribution >= 0.6 is 0 Å². The molecule has 1 aliphatic heterocycles. The van der Waals surface area contributed by atoms with Crippen LogP contribution in [0, 0.1) is 5.82 Å². The number of carbonyl (C=O) groups excluding carboxylic acids is 1. The topological polar surface area (TPSA) is 48.1 Å². The molecule has 0 bridgehead atoms. The molecule has 4 nitrogen and oxygen atoms in total. The van der Waals surface area contributed by atoms with Crippen LogP contribution in [0.2, 0.25) is 0 Å². The van der Waals surface area contributed by atoms with Crippen LogP contribution in [0.15, 0.2) is 18.2 Å². The van der Waals surface area contributed by atoms with E-state index in [0.717, 1.165) is 41.4 Å². The van der Waals surface area contributed by atoms with Gasteiger partial charge in [0.2, 0.25) is 0 Å². The van der Waals surface area contributed by atoms with E-state index >= 15 is 0 Å². The van der Waals surface area contributed by atoms with E-state index in [2.05, 4.69) is 10.3 Å². The third-order valence-corrected chi connectivity index (χ3v) is 5.66. The van der Waals surface area contributed by atoms with E-state index in [1.807, 2.05) is 4.90 Å². The Morgan fingerprint density at radius 1 is 1.16 bits per heavy atom. The van der Waals surface area contributed by atoms with Gasteiger partial charge in [-0.3, -0.25) is 0 Å². The summed E-state index contributed by atoms with van der Waals surface area (Å²) in [6.45, 7) is 1.26. The van der Waals surface area contributed by atoms with E-state index in [9.17, 15) is 9.18 Å². The minimum atomic E-state index is -0.231. The standard InChI is InChI=1S/C20H26FN3O/c21-14-8-9-18-16(12-14)17-13-24(11-10-19(17)23-18)20(25)22-15-6-4-2-1-3-5-7-15/h8-9,12,15,23H,1-7,10-11,13H2,(H,22,25). The first-order valence-electron chi connectivity index (χ1n) is 9.55. The average molecular weight is 343 g/mol. The second-order valence-electron chi connectivity index (χ2n) is 7.44. The fourth-order valence-electron chi connectivity index (χ4n) is 4.23. The molecule has 2 aliphatic rings. The third-order valence-electron chi connectivity index (χ3n) is 5.66. The Labute approximate surface area is 147 Å². The Kier molecular flexibility index (Phi) is 4.64. The van der Waals surface area contributed by atoms with E-state index < -0.39 is 0 Å². The molecule has 1 fully saturated rings. The zero-order valence-corrected chi connectivity index (χ0v) is 14.6. The van der Waals surface area contributed by atoms with Gasteiger partial charge in [-0.05, 0) is 31.0 Å². The molecule has 0 unspecified atom stereocenters. The number of nitrogens with zero attached hydrogens (tertiary/aromatic N) is 1. The lowest BCUT2D eigenvalue weighted by Gasteiger charge is -2.30. The van der Waals surface area contributed by atoms with Crippen molar-refractivity contribution in [2.45, 2.75) is 64.0 Å². The number of fused-ring (bicyclic) bond motifs is 3. The molecule has 1 aliphatic carbocycles. The largest absolute Gasteiger partial charge is 0.358 e. The number of aromatic nitrogens is 1. The van der Waals surface area contributed by atoms with Crippen molar-refractivity contribution in [1.29, 1.82) is 0 Å². The van der Waals surface area contributed by atoms with Crippen LogP contribution < -0.4 is 5.32 Å². The molecule has 2 aromatic rings. The maximum Gasteiger partial charge on any atom is 0.317 e. The first-order valence-corrected chi connectivity index (χ1v) is 9.55. The lowest BCUT2D eigenvalue weighted by molar-refractivity contribution is 0.186. The predicted molar refractivity (Wildman–Crippen MR) is 97.0 cm³/mol. The number of rotatable bonds is 1. The van der Waals surface area contributed by atoms with Gasteiger partial charge in [-0.1, -0.05) is 32.1 Å². The number of halogens is 1. The molecule has 5 heteroatoms. The summed E-state index contributed by atoms with van der Waals surface area (Å²) in [5.41, 5.74) is 3.15. The Balaban J connectivity index is 1.46. The Morgan fingerprint density at radius 2 is 1.92 bits per heavy atom. The summed E-state index contributed by atoms with van der Waals surface area (Å²) in [7, 11) is 0. The molecular weight excluding hydrogens is 317 g/mol. The Hall–Kier alpha value is -2.04. The van der Waals surface area contributed by atoms with Gasteiger partial charge in [-0.15, -0.1) is 0 Å². The summed E-state index contributed by atoms with van der Waals surface area (Å²) in [5, 5.41) is 4.14. The fraction of sp³-hybridized carbons (Fsp3) is 0.550. The van der Waals surface area contributed by atoms with Crippen molar-refractivity contribution in [2.75, 3.05) is 6.54 Å². The maximum atomic E-state index is 13.6. The maximum absolute atomic E-state index is 13.6. The van der Waals surface area contributed by atoms with Gasteiger partial charge >= 0.3 is 6.03 Å². The molecular formula is C20H26FN3O. The zero-order valence-electron chi connectivity index (χ0n) is 14.6. The minimum absolute atomic E-state index is 0.0296. The molecule has 1 aromatic carbocycles. The highest BCUT2D eigenvalue weighted by molar-refractivity contribution is 5.86. The van der Waals surface area contributed by atoms with Gasteiger partial charge in [0.15, 0.2) is 0 Å². The fourth-order valence-corrected chi connectivity index (χ4v) is 4.23. The lowest BCUT2D eigenvalue weighted by Crippen LogP contribution is -2.46. The SMILES string of the molecule is O=C(NC1CCCCCCC1)N1CCc2[nH]c3ccc(F)cc3c2C1. The normalized spacial score (nSPS) is 19.3. The van der Waals surface area contributed by atoms with E-state index in [1.54, 1.807) is 12.1 Å². The number of aromatic amines is 1. The molecule has 0 atom stereocenters. The number of hydrogen-bond acceptors (Lipinski definition) is 1. The summed E-state index contributed by atoms with van der Waals surface area (Å²) in [5.74, 6) is -0.231. The van der Waals surface area contributed by atoms with Gasteiger partial charge in [0.05, 0.1) is 0 Å². The number of H-pyrrole nitrogens is 1. The summed E-state index contributed by atoms with van der Waals surface area (Å²) < 4.78 is 13.6. The molecule has 25 heavy (non-hydrogen) atoms. The van der Waals surface area contributed by atoms with Gasteiger partial charge in [-0.25, -0.2) is 9.18 Å². The smallest absolute Gasteiger partial charge is 0.317 e. The van der Waals surface area contributed by atoms with Crippen LogP contribution in [0.3, 0.4) is 0 Å². The number of urea groups is 1. The van der Waals surface area contributed by atoms with E-state index in [1.165, 1.54) is 38.2 Å². The molecule has 0 radical (unpaired) electrons. The molecule has 1 aromatic heterocycles. The molecule has 1 saturated carbocycles. The summed E-state index contributed by atoms with van der Waals surface area (Å²) in [6, 6.07) is 5.16. The molecule has 2 heterocycles. The van der Waals surface area contributed by atoms with Crippen molar-refractivity contribution in [3.05, 3.63) is 35.3 Å². The third kappa shape index (κ3) is 3.51. The van der Waals surface area contributed by atoms with Crippen molar-refractivity contribution in [2.24, 2.45) is 0 Å². The first kappa shape index (κ1) is 16.4. The van der Waals surface area contributed by atoms with Gasteiger partial charge in [0.1, 0.15) is 5.82 Å². The molecule has 0 spiro atoms. The molecule has 4 rings (SSSR count). The molecule has 0 saturated heterocycles. The van der Waals surface area contributed by atoms with Crippen molar-refractivity contribution in [3.8, 4) is 0 Å². The van der Waals surface area contributed by atoms with Crippen molar-refractivity contribution < 1.29 is 9.18 Å². The van der Waals surface area contributed by atoms with E-state index in [4.69, 9.17) is 0 Å². The van der Waals surface area contributed by atoms with Crippen LogP contribution in [0.4, 0.5) is 9.18 Å². The monoisotopic (exact) mass is 343 g/mol. The van der Waals surface area contributed by atoms with Crippen LogP contribution in [0.25, 0.3) is 10.9 Å². The second kappa shape index (κ2) is 7.06. The van der Waals surface area contributed by atoms with Crippen LogP contribution in [-0.2, 0) is 13.0 Å². The van der Waals surface area contributed by atoms with Crippen molar-refractivity contribution in [3.63, 3.8) is 0 Å². The summed E-state index contributed by atoms with van der Waals surface area (Å²) >= 11 is 0. The number of hydrogen-bond donors (Lipinski definition) is 2. The number of nitrogens with one attached hydrogen (secondary N) is 2. The highest BCUT2D eigenvalue weighted by Crippen LogP contribution is 2.28. The number of benzene rings is 1. The summed E-state index contributed by atoms with van der Waals surface area (Å²) in [6.07, 6.45) is 9.26. The van der Waals surface area contributed by atoms with Crippen molar-refractivity contribution in [1.82, 2.24) is 15.2 Å². The lowest BCUT2D eigenvalue weighted by atomic mass is 9.97. The highest BCUT2D eigenvalue weighted by Gasteiger charge is 2.25. The van der Waals surface area contributed by atoms with Crippen LogP contribution in [0.1, 0.15) is 56.2 Å². The summed E-state index contributed by atoms with van der Waals surface area (Å²) in [4.78, 5) is 18.0. The van der Waals surface area contributed by atoms with Gasteiger partial charge in [0.25, 0.3) is 0 Å². The molecule has 134 valence electrons. The van der Waals surface area contributed by atoms with E-state index in [-0.39, 0.29) is 11.8 Å². The van der Waals surface area contributed by atoms with Crippen LogP contribution in [0.5, 0.6) is 0 Å².